The predicted molar refractivity (Wildman–Crippen MR) is 104 cm³/mol. The number of likely N-dealkylation sites (N-methyl/N-ethyl adjacent to an activating group) is 1. The molecule has 2 atom stereocenters. The monoisotopic (exact) mass is 368 g/mol. The van der Waals surface area contributed by atoms with Gasteiger partial charge in [-0.1, -0.05) is 23.7 Å². The van der Waals surface area contributed by atoms with Crippen molar-refractivity contribution in [3.8, 4) is 5.69 Å². The molecular formula is C19H17ClN4S. The van der Waals surface area contributed by atoms with E-state index >= 15 is 0 Å². The third kappa shape index (κ3) is 2.90. The molecule has 0 bridgehead atoms. The molecule has 126 valence electrons. The molecule has 0 aliphatic carbocycles. The van der Waals surface area contributed by atoms with Crippen LogP contribution in [0.4, 0.5) is 0 Å². The van der Waals surface area contributed by atoms with Crippen LogP contribution in [-0.2, 0) is 0 Å². The molecule has 3 heterocycles. The molecule has 4 rings (SSSR count). The van der Waals surface area contributed by atoms with Crippen molar-refractivity contribution >= 4 is 28.9 Å². The first kappa shape index (κ1) is 16.1. The Balaban J connectivity index is 1.80. The predicted octanol–water partition coefficient (Wildman–Crippen LogP) is 4.13. The van der Waals surface area contributed by atoms with E-state index in [0.717, 1.165) is 22.2 Å². The lowest BCUT2D eigenvalue weighted by molar-refractivity contribution is 0.357. The van der Waals surface area contributed by atoms with Gasteiger partial charge in [0.1, 0.15) is 0 Å². The third-order valence-corrected chi connectivity index (χ3v) is 5.15. The molecule has 0 amide bonds. The van der Waals surface area contributed by atoms with E-state index in [4.69, 9.17) is 23.8 Å². The van der Waals surface area contributed by atoms with Gasteiger partial charge in [-0.2, -0.15) is 0 Å². The zero-order chi connectivity index (χ0) is 17.4. The van der Waals surface area contributed by atoms with Gasteiger partial charge in [-0.15, -0.1) is 0 Å². The van der Waals surface area contributed by atoms with Crippen LogP contribution in [0.5, 0.6) is 0 Å². The fourth-order valence-corrected chi connectivity index (χ4v) is 3.75. The molecule has 0 unspecified atom stereocenters. The normalized spacial score (nSPS) is 19.9. The molecule has 4 nitrogen and oxygen atoms in total. The summed E-state index contributed by atoms with van der Waals surface area (Å²) < 4.78 is 2.15. The highest BCUT2D eigenvalue weighted by molar-refractivity contribution is 7.80. The van der Waals surface area contributed by atoms with Crippen LogP contribution in [0.1, 0.15) is 23.5 Å². The molecule has 1 saturated heterocycles. The largest absolute Gasteiger partial charge is 0.352 e. The van der Waals surface area contributed by atoms with Crippen LogP contribution in [0, 0.1) is 0 Å². The smallest absolute Gasteiger partial charge is 0.169 e. The molecule has 3 aromatic rings. The number of hydrogen-bond acceptors (Lipinski definition) is 2. The maximum Gasteiger partial charge on any atom is 0.169 e. The van der Waals surface area contributed by atoms with Gasteiger partial charge in [0.25, 0.3) is 0 Å². The Morgan fingerprint density at radius 1 is 1.12 bits per heavy atom. The topological polar surface area (TPSA) is 33.1 Å². The summed E-state index contributed by atoms with van der Waals surface area (Å²) in [6.45, 7) is 0. The maximum atomic E-state index is 6.18. The highest BCUT2D eigenvalue weighted by Gasteiger charge is 2.39. The van der Waals surface area contributed by atoms with Gasteiger partial charge in [0, 0.05) is 35.8 Å². The van der Waals surface area contributed by atoms with Gasteiger partial charge in [-0.05, 0) is 54.7 Å². The number of halogens is 1. The molecule has 0 radical (unpaired) electrons. The first-order valence-electron chi connectivity index (χ1n) is 8.02. The van der Waals surface area contributed by atoms with Crippen molar-refractivity contribution in [3.63, 3.8) is 0 Å². The molecule has 1 aliphatic rings. The number of benzene rings is 1. The summed E-state index contributed by atoms with van der Waals surface area (Å²) >= 11 is 11.7. The van der Waals surface area contributed by atoms with Gasteiger partial charge in [0.2, 0.25) is 0 Å². The lowest BCUT2D eigenvalue weighted by Gasteiger charge is -2.25. The second-order valence-corrected chi connectivity index (χ2v) is 6.84. The summed E-state index contributed by atoms with van der Waals surface area (Å²) in [5.74, 6) is 0. The Morgan fingerprint density at radius 2 is 2.00 bits per heavy atom. The minimum atomic E-state index is -0.00784. The Labute approximate surface area is 157 Å². The van der Waals surface area contributed by atoms with Gasteiger partial charge in [0.05, 0.1) is 17.8 Å². The average molecular weight is 369 g/mol. The van der Waals surface area contributed by atoms with Crippen molar-refractivity contribution in [1.82, 2.24) is 19.8 Å². The van der Waals surface area contributed by atoms with Crippen molar-refractivity contribution in [3.05, 3.63) is 83.4 Å². The molecule has 0 saturated carbocycles. The number of nitrogens with one attached hydrogen (secondary N) is 1. The van der Waals surface area contributed by atoms with Gasteiger partial charge in [-0.3, -0.25) is 4.98 Å². The minimum Gasteiger partial charge on any atom is -0.352 e. The van der Waals surface area contributed by atoms with Crippen LogP contribution in [0.3, 0.4) is 0 Å². The van der Waals surface area contributed by atoms with E-state index in [-0.39, 0.29) is 12.1 Å². The molecule has 1 aromatic carbocycles. The van der Waals surface area contributed by atoms with Crippen LogP contribution in [0.25, 0.3) is 5.69 Å². The zero-order valence-electron chi connectivity index (χ0n) is 13.6. The number of thiocarbonyl (C=S) groups is 1. The number of nitrogens with zero attached hydrogens (tertiary/aromatic N) is 3. The molecule has 1 aliphatic heterocycles. The van der Waals surface area contributed by atoms with E-state index in [1.807, 2.05) is 68.0 Å². The van der Waals surface area contributed by atoms with Crippen LogP contribution in [0.2, 0.25) is 5.02 Å². The molecular weight excluding hydrogens is 352 g/mol. The van der Waals surface area contributed by atoms with E-state index < -0.39 is 0 Å². The SMILES string of the molecule is CN1C(=S)N[C@H](c2ccccn2)[C@@H]1c1cccn1-c1cccc(Cl)c1. The van der Waals surface area contributed by atoms with Crippen LogP contribution >= 0.6 is 23.8 Å². The van der Waals surface area contributed by atoms with E-state index in [9.17, 15) is 0 Å². The zero-order valence-corrected chi connectivity index (χ0v) is 15.2. The Hall–Kier alpha value is -2.37. The summed E-state index contributed by atoms with van der Waals surface area (Å²) in [4.78, 5) is 6.62. The minimum absolute atomic E-state index is 0.00784. The summed E-state index contributed by atoms with van der Waals surface area (Å²) in [5.41, 5.74) is 3.13. The van der Waals surface area contributed by atoms with Crippen molar-refractivity contribution in [2.24, 2.45) is 0 Å². The van der Waals surface area contributed by atoms with Crippen LogP contribution in [0.15, 0.2) is 67.0 Å². The van der Waals surface area contributed by atoms with Gasteiger partial charge >= 0.3 is 0 Å². The Morgan fingerprint density at radius 3 is 2.76 bits per heavy atom. The first-order chi connectivity index (χ1) is 12.1. The molecule has 1 N–H and O–H groups in total. The van der Waals surface area contributed by atoms with E-state index in [1.54, 1.807) is 0 Å². The van der Waals surface area contributed by atoms with Crippen molar-refractivity contribution < 1.29 is 0 Å². The van der Waals surface area contributed by atoms with Crippen LogP contribution in [-0.4, -0.2) is 26.6 Å². The van der Waals surface area contributed by atoms with E-state index in [2.05, 4.69) is 25.8 Å². The maximum absolute atomic E-state index is 6.18. The summed E-state index contributed by atoms with van der Waals surface area (Å²) in [6.07, 6.45) is 3.86. The van der Waals surface area contributed by atoms with Crippen molar-refractivity contribution in [2.75, 3.05) is 7.05 Å². The number of hydrogen-bond donors (Lipinski definition) is 1. The van der Waals surface area contributed by atoms with Crippen molar-refractivity contribution in [2.45, 2.75) is 12.1 Å². The molecule has 25 heavy (non-hydrogen) atoms. The second kappa shape index (κ2) is 6.50. The average Bonchev–Trinajstić information content (AvgIpc) is 3.21. The van der Waals surface area contributed by atoms with Gasteiger partial charge in [-0.25, -0.2) is 0 Å². The van der Waals surface area contributed by atoms with Gasteiger partial charge in [0.15, 0.2) is 5.11 Å². The van der Waals surface area contributed by atoms with Crippen LogP contribution < -0.4 is 5.32 Å². The lowest BCUT2D eigenvalue weighted by Crippen LogP contribution is -2.25. The highest BCUT2D eigenvalue weighted by atomic mass is 35.5. The first-order valence-corrected chi connectivity index (χ1v) is 8.81. The van der Waals surface area contributed by atoms with E-state index in [1.165, 1.54) is 0 Å². The third-order valence-electron chi connectivity index (χ3n) is 4.51. The summed E-state index contributed by atoms with van der Waals surface area (Å²) in [7, 11) is 2.01. The summed E-state index contributed by atoms with van der Waals surface area (Å²) in [6, 6.07) is 18.0. The quantitative estimate of drug-likeness (QED) is 0.705. The van der Waals surface area contributed by atoms with E-state index in [0.29, 0.717) is 5.02 Å². The summed E-state index contributed by atoms with van der Waals surface area (Å²) in [5, 5.41) is 4.84. The second-order valence-electron chi connectivity index (χ2n) is 6.02. The molecule has 1 fully saturated rings. The fourth-order valence-electron chi connectivity index (χ4n) is 3.32. The molecule has 2 aromatic heterocycles. The Kier molecular flexibility index (Phi) is 4.19. The lowest BCUT2D eigenvalue weighted by atomic mass is 10.0. The Bertz CT molecular complexity index is 909. The molecule has 6 heteroatoms. The molecule has 0 spiro atoms. The standard InChI is InChI=1S/C19H17ClN4S/c1-23-18(17(22-19(23)25)15-8-2-3-10-21-15)16-9-5-11-24(16)14-7-4-6-13(20)12-14/h2-12,17-18H,1H3,(H,22,25)/t17-,18+/m1/s1. The number of aromatic nitrogens is 2. The fraction of sp³-hybridized carbons (Fsp3) is 0.158. The number of pyridine rings is 1. The highest BCUT2D eigenvalue weighted by Crippen LogP contribution is 2.38. The van der Waals surface area contributed by atoms with Crippen molar-refractivity contribution in [1.29, 1.82) is 0 Å². The van der Waals surface area contributed by atoms with Gasteiger partial charge < -0.3 is 14.8 Å². The number of rotatable bonds is 3.